The van der Waals surface area contributed by atoms with E-state index in [1.54, 1.807) is 18.2 Å². The summed E-state index contributed by atoms with van der Waals surface area (Å²) in [6.45, 7) is 0.965. The van der Waals surface area contributed by atoms with Crippen LogP contribution in [0.25, 0.3) is 0 Å². The number of benzene rings is 1. The van der Waals surface area contributed by atoms with Crippen molar-refractivity contribution < 1.29 is 27.5 Å². The summed E-state index contributed by atoms with van der Waals surface area (Å²) in [6, 6.07) is 6.44. The quantitative estimate of drug-likeness (QED) is 0.658. The molecule has 0 bridgehead atoms. The van der Waals surface area contributed by atoms with Gasteiger partial charge in [-0.3, -0.25) is 14.4 Å². The second kappa shape index (κ2) is 8.11. The number of carbonyl (C=O) groups excluding carboxylic acids is 3. The minimum Gasteiger partial charge on any atom is -0.454 e. The van der Waals surface area contributed by atoms with Gasteiger partial charge < -0.3 is 15.4 Å². The third kappa shape index (κ3) is 6.18. The van der Waals surface area contributed by atoms with Gasteiger partial charge >= 0.3 is 5.97 Å². The minimum absolute atomic E-state index is 0.0444. The summed E-state index contributed by atoms with van der Waals surface area (Å²) in [5.41, 5.74) is 1.34. The van der Waals surface area contributed by atoms with Crippen molar-refractivity contribution in [2.75, 3.05) is 24.7 Å². The van der Waals surface area contributed by atoms with Crippen molar-refractivity contribution in [2.45, 2.75) is 19.4 Å². The van der Waals surface area contributed by atoms with Gasteiger partial charge in [0.1, 0.15) is 6.54 Å². The lowest BCUT2D eigenvalue weighted by molar-refractivity contribution is -0.147. The topological polar surface area (TPSA) is 119 Å². The Morgan fingerprint density at radius 3 is 2.68 bits per heavy atom. The average molecular weight is 368 g/mol. The summed E-state index contributed by atoms with van der Waals surface area (Å²) in [7, 11) is -3.09. The van der Waals surface area contributed by atoms with E-state index in [2.05, 4.69) is 10.6 Å². The highest BCUT2D eigenvalue weighted by atomic mass is 32.2. The Kier molecular flexibility index (Phi) is 6.13. The molecule has 8 nitrogen and oxygen atoms in total. The molecule has 0 radical (unpaired) electrons. The fraction of sp³-hybridized carbons (Fsp3) is 0.438. The smallest absolute Gasteiger partial charge is 0.325 e. The lowest BCUT2D eigenvalue weighted by Crippen LogP contribution is -2.39. The molecule has 1 aromatic rings. The van der Waals surface area contributed by atoms with Crippen LogP contribution in [-0.4, -0.2) is 56.9 Å². The molecule has 1 heterocycles. The normalized spacial score (nSPS) is 18.4. The molecule has 25 heavy (non-hydrogen) atoms. The van der Waals surface area contributed by atoms with Crippen molar-refractivity contribution >= 4 is 27.6 Å². The number of aryl methyl sites for hydroxylation is 1. The molecule has 0 aliphatic carbocycles. The summed E-state index contributed by atoms with van der Waals surface area (Å²) >= 11 is 0. The third-order valence-electron chi connectivity index (χ3n) is 3.64. The van der Waals surface area contributed by atoms with Gasteiger partial charge in [0.15, 0.2) is 16.4 Å². The Hall–Kier alpha value is -2.42. The zero-order chi connectivity index (χ0) is 18.4. The molecule has 1 fully saturated rings. The van der Waals surface area contributed by atoms with Crippen molar-refractivity contribution in [2.24, 2.45) is 0 Å². The van der Waals surface area contributed by atoms with Crippen LogP contribution in [0.4, 0.5) is 0 Å². The fourth-order valence-electron chi connectivity index (χ4n) is 2.42. The Balaban J connectivity index is 1.68. The second-order valence-corrected chi connectivity index (χ2v) is 8.11. The molecule has 0 saturated carbocycles. The lowest BCUT2D eigenvalue weighted by atomic mass is 10.1. The largest absolute Gasteiger partial charge is 0.454 e. The van der Waals surface area contributed by atoms with Crippen LogP contribution in [0, 0.1) is 6.92 Å². The van der Waals surface area contributed by atoms with E-state index < -0.39 is 40.3 Å². The molecule has 9 heteroatoms. The van der Waals surface area contributed by atoms with Gasteiger partial charge in [0, 0.05) is 11.6 Å². The van der Waals surface area contributed by atoms with E-state index in [0.717, 1.165) is 5.56 Å². The number of nitrogens with one attached hydrogen (secondary N) is 2. The summed E-state index contributed by atoms with van der Waals surface area (Å²) in [6.07, 6.45) is 0.356. The Bertz CT molecular complexity index is 775. The monoisotopic (exact) mass is 368 g/mol. The van der Waals surface area contributed by atoms with E-state index in [1.807, 2.05) is 13.0 Å². The number of hydrogen-bond donors (Lipinski definition) is 2. The Morgan fingerprint density at radius 2 is 2.04 bits per heavy atom. The van der Waals surface area contributed by atoms with Gasteiger partial charge in [-0.05, 0) is 25.5 Å². The van der Waals surface area contributed by atoms with Crippen molar-refractivity contribution in [1.29, 1.82) is 0 Å². The van der Waals surface area contributed by atoms with E-state index in [-0.39, 0.29) is 18.1 Å². The summed E-state index contributed by atoms with van der Waals surface area (Å²) in [5.74, 6) is -1.79. The van der Waals surface area contributed by atoms with Crippen LogP contribution in [0.15, 0.2) is 24.3 Å². The molecular formula is C16H20N2O6S. The molecule has 2 N–H and O–H groups in total. The first-order chi connectivity index (χ1) is 11.7. The number of sulfone groups is 1. The van der Waals surface area contributed by atoms with Gasteiger partial charge in [-0.15, -0.1) is 0 Å². The number of ether oxygens (including phenoxy) is 1. The van der Waals surface area contributed by atoms with Crippen LogP contribution in [0.3, 0.4) is 0 Å². The Labute approximate surface area is 145 Å². The van der Waals surface area contributed by atoms with Gasteiger partial charge in [0.25, 0.3) is 11.8 Å². The summed E-state index contributed by atoms with van der Waals surface area (Å²) in [5, 5.41) is 4.91. The molecule has 0 spiro atoms. The van der Waals surface area contributed by atoms with Crippen LogP contribution in [0.5, 0.6) is 0 Å². The van der Waals surface area contributed by atoms with E-state index in [4.69, 9.17) is 4.74 Å². The van der Waals surface area contributed by atoms with Crippen molar-refractivity contribution in [3.8, 4) is 0 Å². The zero-order valence-corrected chi connectivity index (χ0v) is 14.6. The highest BCUT2D eigenvalue weighted by Gasteiger charge is 2.29. The molecule has 2 rings (SSSR count). The molecule has 1 aromatic carbocycles. The molecule has 2 amide bonds. The first kappa shape index (κ1) is 18.9. The maximum absolute atomic E-state index is 11.9. The van der Waals surface area contributed by atoms with E-state index in [1.165, 1.54) is 0 Å². The molecular weight excluding hydrogens is 348 g/mol. The molecule has 1 aliphatic rings. The van der Waals surface area contributed by atoms with E-state index in [0.29, 0.717) is 12.0 Å². The van der Waals surface area contributed by atoms with Crippen LogP contribution < -0.4 is 10.6 Å². The number of rotatable bonds is 6. The maximum Gasteiger partial charge on any atom is 0.325 e. The maximum atomic E-state index is 11.9. The molecule has 136 valence electrons. The predicted molar refractivity (Wildman–Crippen MR) is 89.7 cm³/mol. The zero-order valence-electron chi connectivity index (χ0n) is 13.8. The van der Waals surface area contributed by atoms with Gasteiger partial charge in [0.2, 0.25) is 0 Å². The fourth-order valence-corrected chi connectivity index (χ4v) is 4.09. The number of esters is 1. The first-order valence-electron chi connectivity index (χ1n) is 7.75. The molecule has 1 atom stereocenters. The third-order valence-corrected chi connectivity index (χ3v) is 5.40. The number of hydrogen-bond acceptors (Lipinski definition) is 6. The van der Waals surface area contributed by atoms with Gasteiger partial charge in [-0.2, -0.15) is 0 Å². The molecule has 1 unspecified atom stereocenters. The average Bonchev–Trinajstić information content (AvgIpc) is 2.89. The number of carbonyl (C=O) groups is 3. The highest BCUT2D eigenvalue weighted by Crippen LogP contribution is 2.10. The summed E-state index contributed by atoms with van der Waals surface area (Å²) < 4.78 is 27.4. The lowest BCUT2D eigenvalue weighted by Gasteiger charge is -2.11. The van der Waals surface area contributed by atoms with Crippen molar-refractivity contribution in [3.05, 3.63) is 35.4 Å². The second-order valence-electron chi connectivity index (χ2n) is 5.88. The van der Waals surface area contributed by atoms with E-state index >= 15 is 0 Å². The van der Waals surface area contributed by atoms with Crippen LogP contribution >= 0.6 is 0 Å². The highest BCUT2D eigenvalue weighted by molar-refractivity contribution is 7.91. The molecule has 1 aliphatic heterocycles. The van der Waals surface area contributed by atoms with Crippen molar-refractivity contribution in [3.63, 3.8) is 0 Å². The van der Waals surface area contributed by atoms with E-state index in [9.17, 15) is 22.8 Å². The molecule has 1 saturated heterocycles. The summed E-state index contributed by atoms with van der Waals surface area (Å²) in [4.78, 5) is 35.1. The van der Waals surface area contributed by atoms with Gasteiger partial charge in [0.05, 0.1) is 11.5 Å². The van der Waals surface area contributed by atoms with Crippen molar-refractivity contribution in [1.82, 2.24) is 10.6 Å². The minimum atomic E-state index is -3.09. The van der Waals surface area contributed by atoms with Crippen LogP contribution in [-0.2, 0) is 24.2 Å². The predicted octanol–water partition coefficient (Wildman–Crippen LogP) is -0.429. The molecule has 0 aromatic heterocycles. The van der Waals surface area contributed by atoms with Crippen LogP contribution in [0.2, 0.25) is 0 Å². The first-order valence-corrected chi connectivity index (χ1v) is 9.57. The number of amides is 2. The standard InChI is InChI=1S/C16H20N2O6S/c1-11-3-2-4-12(7-11)16(21)17-8-15(20)24-9-14(19)18-13-5-6-25(22,23)10-13/h2-4,7,13H,5-6,8-10H2,1H3,(H,17,21)(H,18,19). The Morgan fingerprint density at radius 1 is 1.28 bits per heavy atom. The van der Waals surface area contributed by atoms with Gasteiger partial charge in [-0.25, -0.2) is 8.42 Å². The SMILES string of the molecule is Cc1cccc(C(=O)NCC(=O)OCC(=O)NC2CCS(=O)(=O)C2)c1. The van der Waals surface area contributed by atoms with Gasteiger partial charge in [-0.1, -0.05) is 17.7 Å². The van der Waals surface area contributed by atoms with Crippen LogP contribution in [0.1, 0.15) is 22.3 Å².